The second kappa shape index (κ2) is 5.69. The summed E-state index contributed by atoms with van der Waals surface area (Å²) in [4.78, 5) is 24.8. The van der Waals surface area contributed by atoms with Crippen molar-refractivity contribution in [2.24, 2.45) is 5.92 Å². The quantitative estimate of drug-likeness (QED) is 0.798. The molecule has 0 N–H and O–H groups in total. The minimum Gasteiger partial charge on any atom is -0.469 e. The van der Waals surface area contributed by atoms with E-state index in [0.29, 0.717) is 17.6 Å². The van der Waals surface area contributed by atoms with Crippen LogP contribution in [0, 0.1) is 11.7 Å². The standard InChI is InChI=1S/C13H13BrFNO3/c1-19-13(18)9-5-12(17)16(7-9)6-8-2-3-11(15)10(14)4-8/h2-4,9H,5-7H2,1H3. The summed E-state index contributed by atoms with van der Waals surface area (Å²) >= 11 is 3.10. The van der Waals surface area contributed by atoms with Crippen molar-refractivity contribution in [2.75, 3.05) is 13.7 Å². The van der Waals surface area contributed by atoms with E-state index in [1.807, 2.05) is 0 Å². The molecule has 1 fully saturated rings. The van der Waals surface area contributed by atoms with E-state index in [4.69, 9.17) is 0 Å². The molecule has 0 saturated carbocycles. The zero-order chi connectivity index (χ0) is 14.0. The van der Waals surface area contributed by atoms with Crippen molar-refractivity contribution in [1.82, 2.24) is 4.90 Å². The molecule has 1 heterocycles. The van der Waals surface area contributed by atoms with E-state index in [9.17, 15) is 14.0 Å². The van der Waals surface area contributed by atoms with E-state index < -0.39 is 5.92 Å². The Morgan fingerprint density at radius 2 is 2.32 bits per heavy atom. The molecule has 0 radical (unpaired) electrons. The molecule has 1 saturated heterocycles. The van der Waals surface area contributed by atoms with E-state index >= 15 is 0 Å². The van der Waals surface area contributed by atoms with Gasteiger partial charge in [0.1, 0.15) is 5.82 Å². The lowest BCUT2D eigenvalue weighted by Gasteiger charge is -2.16. The molecular weight excluding hydrogens is 317 g/mol. The first kappa shape index (κ1) is 14.0. The Kier molecular flexibility index (Phi) is 4.19. The van der Waals surface area contributed by atoms with E-state index in [-0.39, 0.29) is 24.1 Å². The van der Waals surface area contributed by atoms with Gasteiger partial charge in [0.05, 0.1) is 17.5 Å². The van der Waals surface area contributed by atoms with Gasteiger partial charge in [-0.3, -0.25) is 9.59 Å². The van der Waals surface area contributed by atoms with E-state index in [2.05, 4.69) is 20.7 Å². The van der Waals surface area contributed by atoms with Crippen LogP contribution in [0.2, 0.25) is 0 Å². The number of amides is 1. The van der Waals surface area contributed by atoms with Crippen LogP contribution in [0.3, 0.4) is 0 Å². The largest absolute Gasteiger partial charge is 0.469 e. The first-order valence-corrected chi connectivity index (χ1v) is 6.60. The van der Waals surface area contributed by atoms with Gasteiger partial charge in [-0.25, -0.2) is 4.39 Å². The Bertz CT molecular complexity index is 521. The third kappa shape index (κ3) is 3.12. The summed E-state index contributed by atoms with van der Waals surface area (Å²) < 4.78 is 18.1. The molecule has 1 amide bonds. The molecule has 1 aliphatic heterocycles. The predicted molar refractivity (Wildman–Crippen MR) is 69.6 cm³/mol. The Hall–Kier alpha value is -1.43. The van der Waals surface area contributed by atoms with Gasteiger partial charge >= 0.3 is 5.97 Å². The van der Waals surface area contributed by atoms with Crippen LogP contribution in [-0.2, 0) is 20.9 Å². The lowest BCUT2D eigenvalue weighted by Crippen LogP contribution is -2.26. The number of esters is 1. The Morgan fingerprint density at radius 1 is 1.58 bits per heavy atom. The van der Waals surface area contributed by atoms with Crippen LogP contribution in [0.15, 0.2) is 22.7 Å². The predicted octanol–water partition coefficient (Wildman–Crippen LogP) is 2.11. The molecule has 0 aliphatic carbocycles. The van der Waals surface area contributed by atoms with Gasteiger partial charge in [0, 0.05) is 19.5 Å². The van der Waals surface area contributed by atoms with Gasteiger partial charge in [-0.05, 0) is 33.6 Å². The van der Waals surface area contributed by atoms with Crippen LogP contribution in [0.25, 0.3) is 0 Å². The number of hydrogen-bond acceptors (Lipinski definition) is 3. The number of methoxy groups -OCH3 is 1. The highest BCUT2D eigenvalue weighted by molar-refractivity contribution is 9.10. The highest BCUT2D eigenvalue weighted by Crippen LogP contribution is 2.23. The monoisotopic (exact) mass is 329 g/mol. The zero-order valence-electron chi connectivity index (χ0n) is 10.4. The Morgan fingerprint density at radius 3 is 2.95 bits per heavy atom. The normalized spacial score (nSPS) is 18.8. The van der Waals surface area contributed by atoms with Gasteiger partial charge in [0.25, 0.3) is 0 Å². The van der Waals surface area contributed by atoms with Crippen molar-refractivity contribution in [3.8, 4) is 0 Å². The lowest BCUT2D eigenvalue weighted by atomic mass is 10.1. The second-order valence-corrected chi connectivity index (χ2v) is 5.30. The van der Waals surface area contributed by atoms with Crippen molar-refractivity contribution < 1.29 is 18.7 Å². The maximum atomic E-state index is 13.1. The van der Waals surface area contributed by atoms with Crippen molar-refractivity contribution >= 4 is 27.8 Å². The van der Waals surface area contributed by atoms with Crippen LogP contribution in [-0.4, -0.2) is 30.4 Å². The molecule has 102 valence electrons. The minimum absolute atomic E-state index is 0.0872. The number of likely N-dealkylation sites (tertiary alicyclic amines) is 1. The fourth-order valence-corrected chi connectivity index (χ4v) is 2.53. The molecule has 1 unspecified atom stereocenters. The smallest absolute Gasteiger partial charge is 0.310 e. The highest BCUT2D eigenvalue weighted by Gasteiger charge is 2.34. The Labute approximate surface area is 118 Å². The van der Waals surface area contributed by atoms with Crippen LogP contribution in [0.1, 0.15) is 12.0 Å². The average molecular weight is 330 g/mol. The average Bonchev–Trinajstić information content (AvgIpc) is 2.74. The van der Waals surface area contributed by atoms with E-state index in [0.717, 1.165) is 5.56 Å². The summed E-state index contributed by atoms with van der Waals surface area (Å²) in [5, 5.41) is 0. The topological polar surface area (TPSA) is 46.6 Å². The number of halogens is 2. The van der Waals surface area contributed by atoms with Crippen LogP contribution >= 0.6 is 15.9 Å². The summed E-state index contributed by atoms with van der Waals surface area (Å²) in [6.45, 7) is 0.714. The van der Waals surface area contributed by atoms with E-state index in [1.165, 1.54) is 13.2 Å². The Balaban J connectivity index is 2.05. The molecule has 0 aromatic heterocycles. The molecular formula is C13H13BrFNO3. The summed E-state index contributed by atoms with van der Waals surface area (Å²) in [5.74, 6) is -1.20. The first-order valence-electron chi connectivity index (χ1n) is 5.80. The molecule has 1 aromatic rings. The molecule has 1 atom stereocenters. The van der Waals surface area contributed by atoms with Crippen LogP contribution in [0.5, 0.6) is 0 Å². The number of carbonyl (C=O) groups is 2. The molecule has 2 rings (SSSR count). The molecule has 6 heteroatoms. The summed E-state index contributed by atoms with van der Waals surface area (Å²) in [6.07, 6.45) is 0.176. The number of benzene rings is 1. The highest BCUT2D eigenvalue weighted by atomic mass is 79.9. The van der Waals surface area contributed by atoms with Crippen molar-refractivity contribution in [3.63, 3.8) is 0 Å². The van der Waals surface area contributed by atoms with Gasteiger partial charge in [0.2, 0.25) is 5.91 Å². The second-order valence-electron chi connectivity index (χ2n) is 4.45. The third-order valence-corrected chi connectivity index (χ3v) is 3.71. The summed E-state index contributed by atoms with van der Waals surface area (Å²) in [5.41, 5.74) is 0.812. The third-order valence-electron chi connectivity index (χ3n) is 3.11. The summed E-state index contributed by atoms with van der Waals surface area (Å²) in [7, 11) is 1.31. The van der Waals surface area contributed by atoms with Gasteiger partial charge in [-0.15, -0.1) is 0 Å². The van der Waals surface area contributed by atoms with Crippen molar-refractivity contribution in [2.45, 2.75) is 13.0 Å². The molecule has 0 bridgehead atoms. The zero-order valence-corrected chi connectivity index (χ0v) is 11.9. The molecule has 1 aromatic carbocycles. The first-order chi connectivity index (χ1) is 9.01. The minimum atomic E-state index is -0.401. The molecule has 0 spiro atoms. The number of ether oxygens (including phenoxy) is 1. The SMILES string of the molecule is COC(=O)C1CC(=O)N(Cc2ccc(F)c(Br)c2)C1. The van der Waals surface area contributed by atoms with Gasteiger partial charge in [0.15, 0.2) is 0 Å². The van der Waals surface area contributed by atoms with Gasteiger partial charge in [-0.1, -0.05) is 6.07 Å². The maximum Gasteiger partial charge on any atom is 0.310 e. The van der Waals surface area contributed by atoms with Gasteiger partial charge < -0.3 is 9.64 Å². The van der Waals surface area contributed by atoms with Crippen LogP contribution < -0.4 is 0 Å². The molecule has 4 nitrogen and oxygen atoms in total. The number of hydrogen-bond donors (Lipinski definition) is 0. The van der Waals surface area contributed by atoms with Crippen molar-refractivity contribution in [3.05, 3.63) is 34.1 Å². The fraction of sp³-hybridized carbons (Fsp3) is 0.385. The lowest BCUT2D eigenvalue weighted by molar-refractivity contribution is -0.145. The number of carbonyl (C=O) groups excluding carboxylic acids is 2. The molecule has 1 aliphatic rings. The van der Waals surface area contributed by atoms with Gasteiger partial charge in [-0.2, -0.15) is 0 Å². The fourth-order valence-electron chi connectivity index (χ4n) is 2.11. The summed E-state index contributed by atoms with van der Waals surface area (Å²) in [6, 6.07) is 4.60. The molecule has 19 heavy (non-hydrogen) atoms. The van der Waals surface area contributed by atoms with Crippen LogP contribution in [0.4, 0.5) is 4.39 Å². The number of rotatable bonds is 3. The van der Waals surface area contributed by atoms with Crippen molar-refractivity contribution in [1.29, 1.82) is 0 Å². The van der Waals surface area contributed by atoms with E-state index in [1.54, 1.807) is 17.0 Å². The maximum absolute atomic E-state index is 13.1. The number of nitrogens with zero attached hydrogens (tertiary/aromatic N) is 1.